The van der Waals surface area contributed by atoms with Crippen LogP contribution in [0.4, 0.5) is 0 Å². The quantitative estimate of drug-likeness (QED) is 0.0669. The van der Waals surface area contributed by atoms with Crippen molar-refractivity contribution < 1.29 is 10.2 Å². The first-order valence-electron chi connectivity index (χ1n) is 21.1. The predicted octanol–water partition coefficient (Wildman–Crippen LogP) is 14.6. The van der Waals surface area contributed by atoms with E-state index in [1.165, 1.54) is 218 Å². The second-order valence-corrected chi connectivity index (χ2v) is 14.7. The number of aliphatic hydroxyl groups excluding tert-OH is 2. The van der Waals surface area contributed by atoms with Crippen molar-refractivity contribution in [1.29, 1.82) is 0 Å². The fourth-order valence-electron chi connectivity index (χ4n) is 6.90. The van der Waals surface area contributed by atoms with E-state index in [1.54, 1.807) is 0 Å². The molecule has 0 bridgehead atoms. The first-order chi connectivity index (χ1) is 21.7. The highest BCUT2D eigenvalue weighted by atomic mass is 16.3. The number of unbranched alkanes of at least 4 members (excludes halogenated alkanes) is 34. The van der Waals surface area contributed by atoms with Crippen molar-refractivity contribution in [2.75, 3.05) is 0 Å². The minimum absolute atomic E-state index is 0.512. The molecule has 0 amide bonds. The van der Waals surface area contributed by atoms with E-state index in [0.717, 1.165) is 25.7 Å². The molecule has 0 aromatic heterocycles. The minimum Gasteiger partial charge on any atom is -0.390 e. The van der Waals surface area contributed by atoms with Crippen molar-refractivity contribution in [2.45, 2.75) is 270 Å². The molecule has 0 heterocycles. The van der Waals surface area contributed by atoms with Gasteiger partial charge in [-0.2, -0.15) is 0 Å². The highest BCUT2D eigenvalue weighted by molar-refractivity contribution is 4.67. The van der Waals surface area contributed by atoms with E-state index in [-0.39, 0.29) is 0 Å². The summed E-state index contributed by atoms with van der Waals surface area (Å²) in [5.74, 6) is 0. The van der Waals surface area contributed by atoms with E-state index < -0.39 is 12.2 Å². The van der Waals surface area contributed by atoms with E-state index in [0.29, 0.717) is 0 Å². The maximum absolute atomic E-state index is 10.3. The number of rotatable bonds is 39. The highest BCUT2D eigenvalue weighted by Gasteiger charge is 2.15. The molecule has 0 aliphatic heterocycles. The van der Waals surface area contributed by atoms with Gasteiger partial charge in [0.25, 0.3) is 0 Å². The van der Waals surface area contributed by atoms with Gasteiger partial charge in [0.05, 0.1) is 12.2 Å². The molecule has 0 aliphatic carbocycles. The minimum atomic E-state index is -0.512. The average molecular weight is 623 g/mol. The smallest absolute Gasteiger partial charge is 0.0799 e. The molecule has 2 N–H and O–H groups in total. The van der Waals surface area contributed by atoms with Crippen LogP contribution in [0, 0.1) is 0 Å². The topological polar surface area (TPSA) is 40.5 Å². The zero-order chi connectivity index (χ0) is 32.0. The van der Waals surface area contributed by atoms with Crippen molar-refractivity contribution in [2.24, 2.45) is 0 Å². The van der Waals surface area contributed by atoms with E-state index in [4.69, 9.17) is 0 Å². The Morgan fingerprint density at radius 2 is 0.364 bits per heavy atom. The van der Waals surface area contributed by atoms with Gasteiger partial charge in [-0.05, 0) is 12.8 Å². The molecule has 0 rings (SSSR count). The van der Waals surface area contributed by atoms with Crippen LogP contribution in [0.3, 0.4) is 0 Å². The van der Waals surface area contributed by atoms with E-state index in [2.05, 4.69) is 13.8 Å². The van der Waals surface area contributed by atoms with Gasteiger partial charge in [-0.1, -0.05) is 245 Å². The summed E-state index contributed by atoms with van der Waals surface area (Å²) in [4.78, 5) is 0. The summed E-state index contributed by atoms with van der Waals surface area (Å²) in [5.41, 5.74) is 0. The predicted molar refractivity (Wildman–Crippen MR) is 199 cm³/mol. The van der Waals surface area contributed by atoms with Gasteiger partial charge in [-0.15, -0.1) is 0 Å². The molecule has 0 aromatic carbocycles. The molecule has 0 radical (unpaired) electrons. The fourth-order valence-corrected chi connectivity index (χ4v) is 6.90. The lowest BCUT2D eigenvalue weighted by Crippen LogP contribution is -2.25. The van der Waals surface area contributed by atoms with Crippen LogP contribution in [-0.4, -0.2) is 22.4 Å². The number of hydrogen-bond donors (Lipinski definition) is 2. The molecule has 2 atom stereocenters. The van der Waals surface area contributed by atoms with Gasteiger partial charge in [0.1, 0.15) is 0 Å². The molecule has 0 spiro atoms. The lowest BCUT2D eigenvalue weighted by molar-refractivity contribution is 0.00711. The van der Waals surface area contributed by atoms with Gasteiger partial charge in [-0.3, -0.25) is 0 Å². The van der Waals surface area contributed by atoms with Crippen LogP contribution in [0.25, 0.3) is 0 Å². The van der Waals surface area contributed by atoms with Crippen LogP contribution in [0.15, 0.2) is 0 Å². The maximum atomic E-state index is 10.3. The lowest BCUT2D eigenvalue weighted by Gasteiger charge is -2.17. The first kappa shape index (κ1) is 43.9. The molecule has 0 aliphatic rings. The second-order valence-electron chi connectivity index (χ2n) is 14.7. The van der Waals surface area contributed by atoms with Crippen molar-refractivity contribution >= 4 is 0 Å². The van der Waals surface area contributed by atoms with Crippen LogP contribution >= 0.6 is 0 Å². The molecule has 0 aromatic rings. The zero-order valence-electron chi connectivity index (χ0n) is 30.9. The molecule has 0 saturated carbocycles. The Morgan fingerprint density at radius 3 is 0.523 bits per heavy atom. The third-order valence-corrected chi connectivity index (χ3v) is 10.2. The van der Waals surface area contributed by atoms with Crippen LogP contribution in [0.5, 0.6) is 0 Å². The molecule has 0 fully saturated rings. The maximum Gasteiger partial charge on any atom is 0.0799 e. The molecule has 2 nitrogen and oxygen atoms in total. The molecule has 0 saturated heterocycles. The van der Waals surface area contributed by atoms with E-state index in [1.807, 2.05) is 0 Å². The van der Waals surface area contributed by atoms with E-state index >= 15 is 0 Å². The molecule has 2 heteroatoms. The largest absolute Gasteiger partial charge is 0.390 e. The number of hydrogen-bond acceptors (Lipinski definition) is 2. The summed E-state index contributed by atoms with van der Waals surface area (Å²) in [7, 11) is 0. The standard InChI is InChI=1S/C42H86O2/c1-3-5-7-9-11-13-15-17-19-21-22-24-26-28-30-32-34-36-38-40-42(44)41(43)39-37-35-33-31-29-27-25-23-20-18-16-14-12-10-8-6-4-2/h41-44H,3-40H2,1-2H3. The molecule has 2 unspecified atom stereocenters. The van der Waals surface area contributed by atoms with Gasteiger partial charge in [0, 0.05) is 0 Å². The summed E-state index contributed by atoms with van der Waals surface area (Å²) < 4.78 is 0. The second kappa shape index (κ2) is 39.1. The lowest BCUT2D eigenvalue weighted by atomic mass is 9.99. The van der Waals surface area contributed by atoms with Gasteiger partial charge >= 0.3 is 0 Å². The highest BCUT2D eigenvalue weighted by Crippen LogP contribution is 2.18. The van der Waals surface area contributed by atoms with Gasteiger partial charge in [-0.25, -0.2) is 0 Å². The summed E-state index contributed by atoms with van der Waals surface area (Å²) in [6.45, 7) is 4.59. The van der Waals surface area contributed by atoms with Crippen molar-refractivity contribution in [3.63, 3.8) is 0 Å². The SMILES string of the molecule is CCCCCCCCCCCCCCCCCCCCCC(O)C(O)CCCCCCCCCCCCCCCCCCC. The summed E-state index contributed by atoms with van der Waals surface area (Å²) in [5, 5.41) is 20.7. The molecular formula is C42H86O2. The Hall–Kier alpha value is -0.0800. The zero-order valence-corrected chi connectivity index (χ0v) is 30.9. The molecule has 44 heavy (non-hydrogen) atoms. The Balaban J connectivity index is 3.25. The molecular weight excluding hydrogens is 536 g/mol. The first-order valence-corrected chi connectivity index (χ1v) is 21.1. The summed E-state index contributed by atoms with van der Waals surface area (Å²) in [6.07, 6.45) is 50.4. The normalized spacial score (nSPS) is 13.1. The number of aliphatic hydroxyl groups is 2. The van der Waals surface area contributed by atoms with Gasteiger partial charge in [0.2, 0.25) is 0 Å². The van der Waals surface area contributed by atoms with Crippen LogP contribution in [0.1, 0.15) is 258 Å². The van der Waals surface area contributed by atoms with E-state index in [9.17, 15) is 10.2 Å². The van der Waals surface area contributed by atoms with Gasteiger partial charge in [0.15, 0.2) is 0 Å². The Kier molecular flexibility index (Phi) is 39.0. The molecule has 266 valence electrons. The Labute approximate surface area is 279 Å². The van der Waals surface area contributed by atoms with Crippen molar-refractivity contribution in [3.8, 4) is 0 Å². The van der Waals surface area contributed by atoms with Crippen LogP contribution in [0.2, 0.25) is 0 Å². The third kappa shape index (κ3) is 36.4. The Bertz CT molecular complexity index is 492. The van der Waals surface area contributed by atoms with Gasteiger partial charge < -0.3 is 10.2 Å². The summed E-state index contributed by atoms with van der Waals surface area (Å²) in [6, 6.07) is 0. The van der Waals surface area contributed by atoms with Crippen LogP contribution < -0.4 is 0 Å². The van der Waals surface area contributed by atoms with Crippen molar-refractivity contribution in [3.05, 3.63) is 0 Å². The summed E-state index contributed by atoms with van der Waals surface area (Å²) >= 11 is 0. The van der Waals surface area contributed by atoms with Crippen LogP contribution in [-0.2, 0) is 0 Å². The third-order valence-electron chi connectivity index (χ3n) is 10.2. The monoisotopic (exact) mass is 623 g/mol. The van der Waals surface area contributed by atoms with Crippen molar-refractivity contribution in [1.82, 2.24) is 0 Å². The Morgan fingerprint density at radius 1 is 0.227 bits per heavy atom. The average Bonchev–Trinajstić information content (AvgIpc) is 3.03. The fraction of sp³-hybridized carbons (Fsp3) is 1.00.